The molecule has 8 heavy (non-hydrogen) atoms. The smallest absolute Gasteiger partial charge is 0.0202 e. The van der Waals surface area contributed by atoms with Crippen molar-refractivity contribution in [3.05, 3.63) is 23.8 Å². The highest BCUT2D eigenvalue weighted by molar-refractivity contribution is 6.19. The van der Waals surface area contributed by atoms with Crippen molar-refractivity contribution in [2.45, 2.75) is 18.9 Å². The van der Waals surface area contributed by atoms with Crippen LogP contribution in [0.2, 0.25) is 5.04 Å². The van der Waals surface area contributed by atoms with Crippen LogP contribution in [-0.2, 0) is 0 Å². The van der Waals surface area contributed by atoms with Crippen LogP contribution in [0, 0.1) is 0 Å². The van der Waals surface area contributed by atoms with Crippen molar-refractivity contribution >= 4 is 10.2 Å². The zero-order valence-corrected chi connectivity index (χ0v) is 7.73. The minimum atomic E-state index is 0.472. The van der Waals surface area contributed by atoms with E-state index >= 15 is 0 Å². The third kappa shape index (κ3) is 0.780. The summed E-state index contributed by atoms with van der Waals surface area (Å²) in [6.45, 7) is 4.49. The second-order valence-electron chi connectivity index (χ2n) is 2.93. The standard InChI is InChI=1S/C7H12Si/c1-6-4-3-5-7(6,2)8/h3-5H,1-2,8H3. The van der Waals surface area contributed by atoms with Crippen LogP contribution < -0.4 is 0 Å². The van der Waals surface area contributed by atoms with Gasteiger partial charge in [0.2, 0.25) is 0 Å². The molecule has 0 heterocycles. The van der Waals surface area contributed by atoms with Gasteiger partial charge in [-0.15, -0.1) is 0 Å². The monoisotopic (exact) mass is 124 g/mol. The van der Waals surface area contributed by atoms with Crippen molar-refractivity contribution < 1.29 is 0 Å². The number of rotatable bonds is 0. The van der Waals surface area contributed by atoms with Gasteiger partial charge in [0, 0.05) is 10.2 Å². The highest BCUT2D eigenvalue weighted by Gasteiger charge is 2.17. The first-order valence-electron chi connectivity index (χ1n) is 2.99. The summed E-state index contributed by atoms with van der Waals surface area (Å²) in [6.07, 6.45) is 6.64. The maximum absolute atomic E-state index is 2.29. The van der Waals surface area contributed by atoms with Gasteiger partial charge in [0.25, 0.3) is 0 Å². The fraction of sp³-hybridized carbons (Fsp3) is 0.429. The molecule has 0 aromatic heterocycles. The van der Waals surface area contributed by atoms with Crippen LogP contribution in [0.15, 0.2) is 23.8 Å². The average Bonchev–Trinajstić information content (AvgIpc) is 1.86. The van der Waals surface area contributed by atoms with Crippen molar-refractivity contribution in [3.63, 3.8) is 0 Å². The van der Waals surface area contributed by atoms with E-state index in [0.29, 0.717) is 5.04 Å². The van der Waals surface area contributed by atoms with Crippen molar-refractivity contribution in [3.8, 4) is 0 Å². The molecule has 0 bridgehead atoms. The lowest BCUT2D eigenvalue weighted by molar-refractivity contribution is 0.909. The molecule has 0 aromatic carbocycles. The largest absolute Gasteiger partial charge is 0.0783 e. The fourth-order valence-corrected chi connectivity index (χ4v) is 1.14. The minimum absolute atomic E-state index is 0.472. The van der Waals surface area contributed by atoms with E-state index in [1.807, 2.05) is 0 Å². The van der Waals surface area contributed by atoms with E-state index in [2.05, 4.69) is 32.1 Å². The molecule has 0 nitrogen and oxygen atoms in total. The van der Waals surface area contributed by atoms with Gasteiger partial charge in [0.05, 0.1) is 0 Å². The van der Waals surface area contributed by atoms with E-state index in [0.717, 1.165) is 0 Å². The molecule has 1 rings (SSSR count). The van der Waals surface area contributed by atoms with Crippen LogP contribution in [0.3, 0.4) is 0 Å². The molecular formula is C7H12Si. The zero-order chi connectivity index (χ0) is 6.20. The quantitative estimate of drug-likeness (QED) is 0.423. The summed E-state index contributed by atoms with van der Waals surface area (Å²) in [4.78, 5) is 0. The van der Waals surface area contributed by atoms with Gasteiger partial charge in [-0.2, -0.15) is 0 Å². The Kier molecular flexibility index (Phi) is 1.16. The Morgan fingerprint density at radius 2 is 2.25 bits per heavy atom. The summed E-state index contributed by atoms with van der Waals surface area (Å²) in [5, 5.41) is 0.472. The average molecular weight is 124 g/mol. The molecule has 0 radical (unpaired) electrons. The van der Waals surface area contributed by atoms with E-state index in [9.17, 15) is 0 Å². The van der Waals surface area contributed by atoms with Crippen molar-refractivity contribution in [1.82, 2.24) is 0 Å². The number of hydrogen-bond acceptors (Lipinski definition) is 0. The Morgan fingerprint density at radius 1 is 1.62 bits per heavy atom. The predicted molar refractivity (Wildman–Crippen MR) is 41.2 cm³/mol. The third-order valence-corrected chi connectivity index (χ3v) is 3.00. The molecule has 0 aliphatic heterocycles. The first-order valence-corrected chi connectivity index (χ1v) is 3.99. The Labute approximate surface area is 53.7 Å². The Hall–Kier alpha value is -0.303. The van der Waals surface area contributed by atoms with Gasteiger partial charge in [-0.3, -0.25) is 0 Å². The topological polar surface area (TPSA) is 0 Å². The molecule has 1 unspecified atom stereocenters. The molecule has 0 spiro atoms. The van der Waals surface area contributed by atoms with Crippen molar-refractivity contribution in [1.29, 1.82) is 0 Å². The van der Waals surface area contributed by atoms with Gasteiger partial charge in [0.15, 0.2) is 0 Å². The third-order valence-electron chi connectivity index (χ3n) is 1.88. The normalized spacial score (nSPS) is 36.0. The van der Waals surface area contributed by atoms with Gasteiger partial charge in [-0.25, -0.2) is 0 Å². The zero-order valence-electron chi connectivity index (χ0n) is 5.73. The number of hydrogen-bond donors (Lipinski definition) is 0. The molecule has 1 aliphatic rings. The second-order valence-corrected chi connectivity index (χ2v) is 5.01. The highest BCUT2D eigenvalue weighted by atomic mass is 28.1. The molecule has 1 heteroatoms. The first-order chi connectivity index (χ1) is 3.63. The molecule has 0 N–H and O–H groups in total. The predicted octanol–water partition coefficient (Wildman–Crippen LogP) is 1.05. The van der Waals surface area contributed by atoms with Crippen LogP contribution in [0.4, 0.5) is 0 Å². The van der Waals surface area contributed by atoms with Gasteiger partial charge < -0.3 is 0 Å². The van der Waals surface area contributed by atoms with Gasteiger partial charge >= 0.3 is 0 Å². The van der Waals surface area contributed by atoms with Gasteiger partial charge in [-0.05, 0) is 12.0 Å². The van der Waals surface area contributed by atoms with E-state index in [-0.39, 0.29) is 0 Å². The number of allylic oxidation sites excluding steroid dienone is 4. The molecule has 1 aliphatic carbocycles. The minimum Gasteiger partial charge on any atom is -0.0783 e. The molecular weight excluding hydrogens is 112 g/mol. The summed E-state index contributed by atoms with van der Waals surface area (Å²) < 4.78 is 0. The van der Waals surface area contributed by atoms with E-state index in [4.69, 9.17) is 0 Å². The maximum atomic E-state index is 2.29. The summed E-state index contributed by atoms with van der Waals surface area (Å²) in [6, 6.07) is 0. The molecule has 44 valence electrons. The van der Waals surface area contributed by atoms with Crippen LogP contribution in [0.5, 0.6) is 0 Å². The molecule has 0 saturated heterocycles. The van der Waals surface area contributed by atoms with Crippen LogP contribution in [0.25, 0.3) is 0 Å². The molecule has 0 fully saturated rings. The highest BCUT2D eigenvalue weighted by Crippen LogP contribution is 2.35. The van der Waals surface area contributed by atoms with E-state index in [1.165, 1.54) is 15.8 Å². The Morgan fingerprint density at radius 3 is 2.38 bits per heavy atom. The molecule has 0 amide bonds. The van der Waals surface area contributed by atoms with Gasteiger partial charge in [0.1, 0.15) is 0 Å². The second kappa shape index (κ2) is 1.59. The van der Waals surface area contributed by atoms with Gasteiger partial charge in [-0.1, -0.05) is 30.7 Å². The SMILES string of the molecule is CC1=CC=CC1(C)[SiH3]. The van der Waals surface area contributed by atoms with E-state index < -0.39 is 0 Å². The van der Waals surface area contributed by atoms with Crippen LogP contribution in [0.1, 0.15) is 13.8 Å². The first kappa shape index (κ1) is 5.83. The van der Waals surface area contributed by atoms with Crippen LogP contribution >= 0.6 is 0 Å². The Bertz CT molecular complexity index is 152. The molecule has 1 atom stereocenters. The molecule has 0 aromatic rings. The lowest BCUT2D eigenvalue weighted by atomic mass is 10.1. The summed E-state index contributed by atoms with van der Waals surface area (Å²) in [5.41, 5.74) is 1.52. The fourth-order valence-electron chi connectivity index (χ4n) is 0.779. The summed E-state index contributed by atoms with van der Waals surface area (Å²) in [5.74, 6) is 0. The van der Waals surface area contributed by atoms with Crippen LogP contribution in [-0.4, -0.2) is 10.2 Å². The summed E-state index contributed by atoms with van der Waals surface area (Å²) >= 11 is 0. The van der Waals surface area contributed by atoms with E-state index in [1.54, 1.807) is 0 Å². The maximum Gasteiger partial charge on any atom is 0.0202 e. The Balaban J connectivity index is 2.87. The van der Waals surface area contributed by atoms with Crippen molar-refractivity contribution in [2.24, 2.45) is 0 Å². The van der Waals surface area contributed by atoms with Crippen molar-refractivity contribution in [2.75, 3.05) is 0 Å². The lowest BCUT2D eigenvalue weighted by Gasteiger charge is -2.16. The lowest BCUT2D eigenvalue weighted by Crippen LogP contribution is -2.01. The summed E-state index contributed by atoms with van der Waals surface area (Å²) in [7, 11) is 1.24. The molecule has 0 saturated carbocycles.